The Balaban J connectivity index is 1.43. The second-order valence-corrected chi connectivity index (χ2v) is 11.0. The van der Waals surface area contributed by atoms with Crippen molar-refractivity contribution in [2.45, 2.75) is 45.4 Å². The topological polar surface area (TPSA) is 75.7 Å². The van der Waals surface area contributed by atoms with E-state index < -0.39 is 10.0 Å². The lowest BCUT2D eigenvalue weighted by Crippen LogP contribution is -2.46. The fourth-order valence-corrected chi connectivity index (χ4v) is 5.79. The summed E-state index contributed by atoms with van der Waals surface area (Å²) in [5.41, 5.74) is 2.28. The first-order chi connectivity index (χ1) is 15.9. The lowest BCUT2D eigenvalue weighted by atomic mass is 9.99. The van der Waals surface area contributed by atoms with E-state index in [4.69, 9.17) is 4.74 Å². The Kier molecular flexibility index (Phi) is 9.32. The molecule has 1 N–H and O–H groups in total. The van der Waals surface area contributed by atoms with Crippen LogP contribution in [0.15, 0.2) is 54.6 Å². The maximum absolute atomic E-state index is 12.8. The summed E-state index contributed by atoms with van der Waals surface area (Å²) >= 11 is 0. The monoisotopic (exact) mass is 472 g/mol. The average Bonchev–Trinajstić information content (AvgIpc) is 2.82. The van der Waals surface area contributed by atoms with E-state index in [1.807, 2.05) is 48.5 Å². The fraction of sp³-hybridized carbons (Fsp3) is 0.500. The molecule has 0 aliphatic carbocycles. The number of nitrogens with zero attached hydrogens (tertiary/aromatic N) is 1. The quantitative estimate of drug-likeness (QED) is 0.502. The summed E-state index contributed by atoms with van der Waals surface area (Å²) in [7, 11) is -3.37. The van der Waals surface area contributed by atoms with Gasteiger partial charge in [-0.3, -0.25) is 4.79 Å². The van der Waals surface area contributed by atoms with E-state index in [0.717, 1.165) is 23.3 Å². The Labute approximate surface area is 198 Å². The summed E-state index contributed by atoms with van der Waals surface area (Å²) < 4.78 is 33.0. The van der Waals surface area contributed by atoms with E-state index in [-0.39, 0.29) is 24.1 Å². The zero-order valence-electron chi connectivity index (χ0n) is 19.7. The van der Waals surface area contributed by atoms with Crippen LogP contribution in [0, 0.1) is 5.92 Å². The van der Waals surface area contributed by atoms with Gasteiger partial charge in [0.15, 0.2) is 0 Å². The molecule has 2 aromatic carbocycles. The summed E-state index contributed by atoms with van der Waals surface area (Å²) in [5, 5.41) is 2.92. The highest BCUT2D eigenvalue weighted by Crippen LogP contribution is 2.25. The molecule has 0 aromatic heterocycles. The van der Waals surface area contributed by atoms with Crippen molar-refractivity contribution >= 4 is 15.9 Å². The Hall–Kier alpha value is -2.38. The van der Waals surface area contributed by atoms with Crippen LogP contribution in [-0.4, -0.2) is 50.6 Å². The molecular formula is C26H36N2O4S. The largest absolute Gasteiger partial charge is 0.491 e. The fourth-order valence-electron chi connectivity index (χ4n) is 4.21. The normalized spacial score (nSPS) is 17.1. The molecule has 0 unspecified atom stereocenters. The number of amides is 1. The predicted octanol–water partition coefficient (Wildman–Crippen LogP) is 3.98. The average molecular weight is 473 g/mol. The van der Waals surface area contributed by atoms with Crippen molar-refractivity contribution in [2.24, 2.45) is 5.92 Å². The zero-order chi connectivity index (χ0) is 23.7. The third kappa shape index (κ3) is 7.57. The van der Waals surface area contributed by atoms with Crippen LogP contribution in [0.3, 0.4) is 0 Å². The summed E-state index contributed by atoms with van der Waals surface area (Å²) in [5.74, 6) is 0.899. The minimum absolute atomic E-state index is 0.0973. The van der Waals surface area contributed by atoms with Crippen LogP contribution in [0.5, 0.6) is 5.75 Å². The first-order valence-corrected chi connectivity index (χ1v) is 13.5. The van der Waals surface area contributed by atoms with E-state index in [0.29, 0.717) is 44.9 Å². The minimum atomic E-state index is -3.37. The molecule has 1 aliphatic heterocycles. The summed E-state index contributed by atoms with van der Waals surface area (Å²) in [6, 6.07) is 17.8. The van der Waals surface area contributed by atoms with Gasteiger partial charge >= 0.3 is 0 Å². The van der Waals surface area contributed by atoms with Crippen molar-refractivity contribution in [1.29, 1.82) is 0 Å². The van der Waals surface area contributed by atoms with E-state index in [2.05, 4.69) is 25.2 Å². The number of carbonyl (C=O) groups is 1. The number of ether oxygens (including phenoxy) is 1. The number of aryl methyl sites for hydroxylation is 1. The van der Waals surface area contributed by atoms with Crippen molar-refractivity contribution in [2.75, 3.05) is 32.0 Å². The van der Waals surface area contributed by atoms with Gasteiger partial charge in [-0.1, -0.05) is 62.4 Å². The van der Waals surface area contributed by atoms with E-state index in [1.165, 1.54) is 4.31 Å². The van der Waals surface area contributed by atoms with Crippen LogP contribution in [0.2, 0.25) is 0 Å². The first-order valence-electron chi connectivity index (χ1n) is 11.9. The number of para-hydroxylation sites is 1. The third-order valence-electron chi connectivity index (χ3n) is 6.06. The molecule has 33 heavy (non-hydrogen) atoms. The lowest BCUT2D eigenvalue weighted by Gasteiger charge is -2.31. The zero-order valence-corrected chi connectivity index (χ0v) is 20.5. The van der Waals surface area contributed by atoms with E-state index in [1.54, 1.807) is 0 Å². The molecule has 180 valence electrons. The number of benzene rings is 2. The molecule has 3 rings (SSSR count). The van der Waals surface area contributed by atoms with Gasteiger partial charge in [-0.25, -0.2) is 12.7 Å². The molecule has 0 saturated carbocycles. The highest BCUT2D eigenvalue weighted by molar-refractivity contribution is 7.89. The molecule has 1 fully saturated rings. The van der Waals surface area contributed by atoms with Gasteiger partial charge < -0.3 is 10.1 Å². The number of rotatable bonds is 11. The van der Waals surface area contributed by atoms with Crippen molar-refractivity contribution in [3.05, 3.63) is 65.7 Å². The number of piperidine rings is 1. The van der Waals surface area contributed by atoms with Crippen molar-refractivity contribution in [1.82, 2.24) is 9.62 Å². The standard InChI is InChI=1S/C26H36N2O4S/c1-21(2)24-14-6-7-15-25(24)32-18-16-27-26(29)23-13-8-17-28(20-23)33(30,31)19-9-12-22-10-4-3-5-11-22/h3-7,10-11,14-15,21,23H,8-9,12-13,16-20H2,1-2H3,(H,27,29)/t23-/m1/s1. The Morgan fingerprint density at radius 2 is 1.85 bits per heavy atom. The minimum Gasteiger partial charge on any atom is -0.491 e. The van der Waals surface area contributed by atoms with E-state index >= 15 is 0 Å². The van der Waals surface area contributed by atoms with Gasteiger partial charge in [0.2, 0.25) is 15.9 Å². The molecule has 2 aromatic rings. The number of sulfonamides is 1. The number of nitrogens with one attached hydrogen (secondary N) is 1. The SMILES string of the molecule is CC(C)c1ccccc1OCCNC(=O)[C@@H]1CCCN(S(=O)(=O)CCCc2ccccc2)C1. The van der Waals surface area contributed by atoms with Crippen molar-refractivity contribution in [3.8, 4) is 5.75 Å². The molecule has 0 spiro atoms. The second kappa shape index (κ2) is 12.2. The van der Waals surface area contributed by atoms with Crippen LogP contribution in [0.4, 0.5) is 0 Å². The molecule has 1 atom stereocenters. The Bertz CT molecular complexity index is 992. The van der Waals surface area contributed by atoms with Gasteiger partial charge in [0.25, 0.3) is 0 Å². The van der Waals surface area contributed by atoms with Crippen molar-refractivity contribution in [3.63, 3.8) is 0 Å². The second-order valence-electron chi connectivity index (χ2n) is 8.93. The van der Waals surface area contributed by atoms with Gasteiger partial charge in [0.1, 0.15) is 12.4 Å². The molecule has 1 heterocycles. The number of carbonyl (C=O) groups excluding carboxylic acids is 1. The Morgan fingerprint density at radius 1 is 1.12 bits per heavy atom. The van der Waals surface area contributed by atoms with Crippen LogP contribution in [0.1, 0.15) is 50.2 Å². The highest BCUT2D eigenvalue weighted by Gasteiger charge is 2.31. The maximum Gasteiger partial charge on any atom is 0.224 e. The van der Waals surface area contributed by atoms with Gasteiger partial charge in [-0.05, 0) is 48.8 Å². The van der Waals surface area contributed by atoms with Crippen LogP contribution < -0.4 is 10.1 Å². The molecule has 1 aliphatic rings. The number of hydrogen-bond donors (Lipinski definition) is 1. The highest BCUT2D eigenvalue weighted by atomic mass is 32.2. The van der Waals surface area contributed by atoms with Gasteiger partial charge in [-0.2, -0.15) is 0 Å². The van der Waals surface area contributed by atoms with Gasteiger partial charge in [0, 0.05) is 13.1 Å². The van der Waals surface area contributed by atoms with Gasteiger partial charge in [0.05, 0.1) is 18.2 Å². The molecular weight excluding hydrogens is 436 g/mol. The molecule has 0 radical (unpaired) electrons. The Morgan fingerprint density at radius 3 is 2.61 bits per heavy atom. The molecule has 6 nitrogen and oxygen atoms in total. The van der Waals surface area contributed by atoms with Crippen LogP contribution in [0.25, 0.3) is 0 Å². The lowest BCUT2D eigenvalue weighted by molar-refractivity contribution is -0.126. The van der Waals surface area contributed by atoms with Crippen LogP contribution >= 0.6 is 0 Å². The third-order valence-corrected chi connectivity index (χ3v) is 7.98. The molecule has 1 amide bonds. The van der Waals surface area contributed by atoms with Gasteiger partial charge in [-0.15, -0.1) is 0 Å². The van der Waals surface area contributed by atoms with E-state index in [9.17, 15) is 13.2 Å². The molecule has 0 bridgehead atoms. The van der Waals surface area contributed by atoms with Crippen molar-refractivity contribution < 1.29 is 17.9 Å². The summed E-state index contributed by atoms with van der Waals surface area (Å²) in [6.07, 6.45) is 2.72. The maximum atomic E-state index is 12.8. The molecule has 7 heteroatoms. The molecule has 1 saturated heterocycles. The first kappa shape index (κ1) is 25.2. The van der Waals surface area contributed by atoms with Crippen LogP contribution in [-0.2, 0) is 21.2 Å². The summed E-state index contributed by atoms with van der Waals surface area (Å²) in [6.45, 7) is 5.77. The number of hydrogen-bond acceptors (Lipinski definition) is 4. The summed E-state index contributed by atoms with van der Waals surface area (Å²) in [4.78, 5) is 12.7. The predicted molar refractivity (Wildman–Crippen MR) is 132 cm³/mol. The smallest absolute Gasteiger partial charge is 0.224 e.